The molecule has 2 aromatic carbocycles. The summed E-state index contributed by atoms with van der Waals surface area (Å²) in [5.41, 5.74) is 0.122. The molecule has 1 atom stereocenters. The third kappa shape index (κ3) is 5.03. The van der Waals surface area contributed by atoms with Gasteiger partial charge in [-0.3, -0.25) is 9.69 Å². The second-order valence-corrected chi connectivity index (χ2v) is 7.21. The Balaban J connectivity index is 2.10. The third-order valence-electron chi connectivity index (χ3n) is 5.08. The van der Waals surface area contributed by atoms with Crippen LogP contribution in [-0.4, -0.2) is 24.8 Å². The highest BCUT2D eigenvalue weighted by molar-refractivity contribution is 6.04. The van der Waals surface area contributed by atoms with Crippen LogP contribution < -0.4 is 15.5 Å². The molecule has 2 aromatic rings. The molecule has 2 N–H and O–H groups in total. The lowest BCUT2D eigenvalue weighted by Gasteiger charge is -2.36. The maximum absolute atomic E-state index is 13.2. The topological polar surface area (TPSA) is 102 Å². The number of carbonyl (C=O) groups excluding carboxylic acids is 3. The standard InChI is InChI=1S/C23H19F3N4O3/c1-14-19(21(32)28-10-3-11-31)20(16-8-6-15(13-27)7-9-16)29-22(33)30(14)18-5-2-4-17(12-18)23(24,25)26/h2,4-9,11-12,20H,3,10H2,1H3,(H,28,32)(H,29,33)/t20-/m1/s1. The highest BCUT2D eigenvalue weighted by atomic mass is 19.4. The number of hydrogen-bond acceptors (Lipinski definition) is 4. The second kappa shape index (κ2) is 9.56. The van der Waals surface area contributed by atoms with E-state index in [2.05, 4.69) is 10.6 Å². The summed E-state index contributed by atoms with van der Waals surface area (Å²) in [5, 5.41) is 14.3. The van der Waals surface area contributed by atoms with Crippen molar-refractivity contribution in [1.29, 1.82) is 5.26 Å². The lowest BCUT2D eigenvalue weighted by atomic mass is 9.93. The van der Waals surface area contributed by atoms with Gasteiger partial charge in [0.05, 0.1) is 34.5 Å². The van der Waals surface area contributed by atoms with Gasteiger partial charge in [-0.2, -0.15) is 18.4 Å². The third-order valence-corrected chi connectivity index (χ3v) is 5.08. The molecule has 0 saturated heterocycles. The maximum Gasteiger partial charge on any atom is 0.416 e. The van der Waals surface area contributed by atoms with Crippen LogP contribution in [0, 0.1) is 11.3 Å². The van der Waals surface area contributed by atoms with E-state index < -0.39 is 29.7 Å². The number of nitrogens with zero attached hydrogens (tertiary/aromatic N) is 2. The summed E-state index contributed by atoms with van der Waals surface area (Å²) < 4.78 is 39.6. The predicted molar refractivity (Wildman–Crippen MR) is 113 cm³/mol. The molecule has 0 bridgehead atoms. The van der Waals surface area contributed by atoms with Crippen LogP contribution in [0.15, 0.2) is 59.8 Å². The van der Waals surface area contributed by atoms with Crippen molar-refractivity contribution < 1.29 is 27.6 Å². The second-order valence-electron chi connectivity index (χ2n) is 7.21. The SMILES string of the molecule is CC1=C(C(=O)NCCC=O)[C@@H](c2ccc(C#N)cc2)NC(=O)N1c1cccc(C(F)(F)F)c1. The van der Waals surface area contributed by atoms with Crippen molar-refractivity contribution in [3.8, 4) is 6.07 Å². The van der Waals surface area contributed by atoms with Gasteiger partial charge in [-0.1, -0.05) is 18.2 Å². The van der Waals surface area contributed by atoms with Gasteiger partial charge in [0.15, 0.2) is 0 Å². The number of amides is 3. The highest BCUT2D eigenvalue weighted by Crippen LogP contribution is 2.36. The van der Waals surface area contributed by atoms with Gasteiger partial charge in [0, 0.05) is 18.7 Å². The molecular formula is C23H19F3N4O3. The Bertz CT molecular complexity index is 1150. The van der Waals surface area contributed by atoms with Crippen LogP contribution in [0.3, 0.4) is 0 Å². The summed E-state index contributed by atoms with van der Waals surface area (Å²) in [5.74, 6) is -0.583. The van der Waals surface area contributed by atoms with Gasteiger partial charge in [-0.05, 0) is 42.8 Å². The van der Waals surface area contributed by atoms with Crippen LogP contribution in [0.25, 0.3) is 0 Å². The Morgan fingerprint density at radius 3 is 2.55 bits per heavy atom. The number of nitriles is 1. The van der Waals surface area contributed by atoms with Crippen LogP contribution in [0.5, 0.6) is 0 Å². The average Bonchev–Trinajstić information content (AvgIpc) is 2.78. The average molecular weight is 456 g/mol. The summed E-state index contributed by atoms with van der Waals surface area (Å²) in [6.07, 6.45) is -3.90. The fraction of sp³-hybridized carbons (Fsp3) is 0.217. The Morgan fingerprint density at radius 1 is 1.24 bits per heavy atom. The monoisotopic (exact) mass is 456 g/mol. The summed E-state index contributed by atoms with van der Waals surface area (Å²) in [6.45, 7) is 1.51. The number of anilines is 1. The van der Waals surface area contributed by atoms with Crippen molar-refractivity contribution in [3.63, 3.8) is 0 Å². The van der Waals surface area contributed by atoms with Crippen molar-refractivity contribution >= 4 is 23.9 Å². The molecule has 0 saturated carbocycles. The zero-order valence-electron chi connectivity index (χ0n) is 17.4. The molecule has 3 amide bonds. The summed E-state index contributed by atoms with van der Waals surface area (Å²) in [4.78, 5) is 37.6. The summed E-state index contributed by atoms with van der Waals surface area (Å²) >= 11 is 0. The van der Waals surface area contributed by atoms with E-state index in [9.17, 15) is 27.6 Å². The molecule has 10 heteroatoms. The molecule has 170 valence electrons. The number of rotatable bonds is 6. The van der Waals surface area contributed by atoms with Crippen molar-refractivity contribution in [2.45, 2.75) is 25.6 Å². The minimum atomic E-state index is -4.61. The van der Waals surface area contributed by atoms with E-state index >= 15 is 0 Å². The minimum Gasteiger partial charge on any atom is -0.352 e. The molecule has 0 spiro atoms. The van der Waals surface area contributed by atoms with Crippen LogP contribution in [0.2, 0.25) is 0 Å². The van der Waals surface area contributed by atoms with Crippen molar-refractivity contribution in [1.82, 2.24) is 10.6 Å². The van der Waals surface area contributed by atoms with Gasteiger partial charge in [-0.15, -0.1) is 0 Å². The molecule has 33 heavy (non-hydrogen) atoms. The Kier molecular flexibility index (Phi) is 6.82. The summed E-state index contributed by atoms with van der Waals surface area (Å²) in [7, 11) is 0. The van der Waals surface area contributed by atoms with Gasteiger partial charge < -0.3 is 15.4 Å². The number of halogens is 3. The van der Waals surface area contributed by atoms with Crippen LogP contribution >= 0.6 is 0 Å². The van der Waals surface area contributed by atoms with Gasteiger partial charge >= 0.3 is 12.2 Å². The first-order chi connectivity index (χ1) is 15.7. The Labute approximate surface area is 187 Å². The largest absolute Gasteiger partial charge is 0.416 e. The molecule has 3 rings (SSSR count). The lowest BCUT2D eigenvalue weighted by molar-refractivity contribution is -0.137. The van der Waals surface area contributed by atoms with Crippen LogP contribution in [-0.2, 0) is 15.8 Å². The highest BCUT2D eigenvalue weighted by Gasteiger charge is 2.37. The number of nitrogens with one attached hydrogen (secondary N) is 2. The smallest absolute Gasteiger partial charge is 0.352 e. The van der Waals surface area contributed by atoms with E-state index in [0.29, 0.717) is 17.4 Å². The van der Waals surface area contributed by atoms with E-state index in [1.807, 2.05) is 6.07 Å². The van der Waals surface area contributed by atoms with Gasteiger partial charge in [0.25, 0.3) is 5.91 Å². The normalized spacial score (nSPS) is 16.2. The van der Waals surface area contributed by atoms with Gasteiger partial charge in [0.1, 0.15) is 6.29 Å². The molecule has 0 aliphatic carbocycles. The van der Waals surface area contributed by atoms with E-state index in [1.54, 1.807) is 12.1 Å². The van der Waals surface area contributed by atoms with E-state index in [0.717, 1.165) is 17.0 Å². The van der Waals surface area contributed by atoms with Gasteiger partial charge in [0.2, 0.25) is 0 Å². The predicted octanol–water partition coefficient (Wildman–Crippen LogP) is 3.83. The first-order valence-corrected chi connectivity index (χ1v) is 9.88. The van der Waals surface area contributed by atoms with E-state index in [4.69, 9.17) is 5.26 Å². The van der Waals surface area contributed by atoms with Gasteiger partial charge in [-0.25, -0.2) is 4.79 Å². The molecule has 1 heterocycles. The molecular weight excluding hydrogens is 437 g/mol. The quantitative estimate of drug-likeness (QED) is 0.510. The number of benzene rings is 2. The van der Waals surface area contributed by atoms with E-state index in [-0.39, 0.29) is 29.9 Å². The molecule has 0 aromatic heterocycles. The molecule has 0 radical (unpaired) electrons. The zero-order valence-corrected chi connectivity index (χ0v) is 17.4. The Morgan fingerprint density at radius 2 is 1.94 bits per heavy atom. The fourth-order valence-electron chi connectivity index (χ4n) is 3.51. The van der Waals surface area contributed by atoms with Crippen LogP contribution in [0.1, 0.15) is 36.1 Å². The number of alkyl halides is 3. The number of hydrogen-bond donors (Lipinski definition) is 2. The van der Waals surface area contributed by atoms with Crippen LogP contribution in [0.4, 0.5) is 23.7 Å². The Hall–Kier alpha value is -4.13. The number of aldehydes is 1. The van der Waals surface area contributed by atoms with Crippen molar-refractivity contribution in [2.75, 3.05) is 11.4 Å². The molecule has 0 fully saturated rings. The maximum atomic E-state index is 13.2. The first kappa shape index (κ1) is 23.5. The number of carbonyl (C=O) groups is 3. The minimum absolute atomic E-state index is 0.0523. The molecule has 1 aliphatic rings. The van der Waals surface area contributed by atoms with Crippen molar-refractivity contribution in [2.24, 2.45) is 0 Å². The fourth-order valence-corrected chi connectivity index (χ4v) is 3.51. The first-order valence-electron chi connectivity index (χ1n) is 9.88. The number of urea groups is 1. The number of allylic oxidation sites excluding steroid dienone is 1. The van der Waals surface area contributed by atoms with Crippen molar-refractivity contribution in [3.05, 3.63) is 76.5 Å². The molecule has 7 nitrogen and oxygen atoms in total. The molecule has 0 unspecified atom stereocenters. The summed E-state index contributed by atoms with van der Waals surface area (Å²) in [6, 6.07) is 10.8. The molecule has 1 aliphatic heterocycles. The zero-order chi connectivity index (χ0) is 24.2. The lowest BCUT2D eigenvalue weighted by Crippen LogP contribution is -2.49. The van der Waals surface area contributed by atoms with E-state index in [1.165, 1.54) is 31.2 Å².